The SMILES string of the molecule is CN1CCC(N2CCN(C3(CC=O)CC(n4nc(-c5ccccc5)[nH]c4=O)CC[N@+]3(Cc3ccc(Cl)c(Cl)c3)C(=O)[O-])CC2)CC1. The number of nitrogens with one attached hydrogen (secondary N) is 1. The first-order valence-electron chi connectivity index (χ1n) is 16.0. The molecule has 2 aromatic carbocycles. The van der Waals surface area contributed by atoms with Crippen molar-refractivity contribution in [1.82, 2.24) is 29.5 Å². The van der Waals surface area contributed by atoms with Gasteiger partial charge in [-0.15, -0.1) is 5.10 Å². The van der Waals surface area contributed by atoms with E-state index in [9.17, 15) is 19.5 Å². The normalized spacial score (nSPS) is 27.1. The number of H-pyrrole nitrogens is 1. The molecule has 2 unspecified atom stereocenters. The van der Waals surface area contributed by atoms with E-state index in [4.69, 9.17) is 23.2 Å². The van der Waals surface area contributed by atoms with Gasteiger partial charge >= 0.3 is 5.69 Å². The molecule has 3 fully saturated rings. The summed E-state index contributed by atoms with van der Waals surface area (Å²) in [7, 11) is 2.15. The minimum Gasteiger partial charge on any atom is -0.498 e. The number of halogens is 2. The highest BCUT2D eigenvalue weighted by Crippen LogP contribution is 2.46. The lowest BCUT2D eigenvalue weighted by molar-refractivity contribution is -0.956. The average molecular weight is 671 g/mol. The number of hydrogen-bond acceptors (Lipinski definition) is 8. The minimum atomic E-state index is -1.26. The smallest absolute Gasteiger partial charge is 0.343 e. The van der Waals surface area contributed by atoms with Gasteiger partial charge in [0, 0.05) is 56.2 Å². The zero-order valence-electron chi connectivity index (χ0n) is 26.1. The minimum absolute atomic E-state index is 0.0439. The molecule has 0 saturated carbocycles. The second kappa shape index (κ2) is 13.6. The number of carboxylic acid groups (broad SMARTS) is 1. The van der Waals surface area contributed by atoms with E-state index in [2.05, 4.69) is 31.8 Å². The fourth-order valence-electron chi connectivity index (χ4n) is 8.04. The summed E-state index contributed by atoms with van der Waals surface area (Å²) in [6.07, 6.45) is 2.29. The molecule has 4 heterocycles. The van der Waals surface area contributed by atoms with Gasteiger partial charge in [0.2, 0.25) is 0 Å². The highest BCUT2D eigenvalue weighted by atomic mass is 35.5. The number of carbonyl (C=O) groups is 2. The number of aromatic amines is 1. The van der Waals surface area contributed by atoms with E-state index in [1.165, 1.54) is 4.68 Å². The number of carbonyl (C=O) groups excluding carboxylic acids is 2. The molecule has 3 atom stereocenters. The standard InChI is InChI=1S/C33H41Cl2N7O4/c1-38-13-9-26(10-14-38)39-15-17-40(18-16-39)33(12-20-43)22-27(41-31(44)36-30(37-41)25-5-3-2-4-6-25)11-19-42(33,32(45)46)23-24-7-8-28(34)29(35)21-24/h2-8,20-21,26-27H,9-19,22-23H2,1H3,(H-,36,37,44,45,46)/t27?,33?,42-/m0/s1. The zero-order valence-corrected chi connectivity index (χ0v) is 27.6. The van der Waals surface area contributed by atoms with Crippen molar-refractivity contribution < 1.29 is 19.2 Å². The summed E-state index contributed by atoms with van der Waals surface area (Å²) < 4.78 is 0.956. The van der Waals surface area contributed by atoms with Crippen LogP contribution in [0.5, 0.6) is 0 Å². The van der Waals surface area contributed by atoms with Crippen LogP contribution >= 0.6 is 23.2 Å². The Balaban J connectivity index is 1.38. The highest BCUT2D eigenvalue weighted by Gasteiger charge is 2.60. The number of amides is 1. The molecule has 3 saturated heterocycles. The van der Waals surface area contributed by atoms with Gasteiger partial charge < -0.3 is 19.6 Å². The zero-order chi connectivity index (χ0) is 32.5. The Morgan fingerprint density at radius 3 is 2.39 bits per heavy atom. The Labute approximate surface area is 278 Å². The van der Waals surface area contributed by atoms with Crippen LogP contribution in [0.3, 0.4) is 0 Å². The van der Waals surface area contributed by atoms with Gasteiger partial charge in [-0.05, 0) is 45.1 Å². The number of benzene rings is 2. The van der Waals surface area contributed by atoms with Crippen LogP contribution in [0.2, 0.25) is 10.0 Å². The van der Waals surface area contributed by atoms with Crippen LogP contribution in [0.25, 0.3) is 11.4 Å². The van der Waals surface area contributed by atoms with E-state index in [0.29, 0.717) is 47.0 Å². The third-order valence-corrected chi connectivity index (χ3v) is 11.3. The fourth-order valence-corrected chi connectivity index (χ4v) is 8.36. The first-order valence-corrected chi connectivity index (χ1v) is 16.8. The van der Waals surface area contributed by atoms with Gasteiger partial charge in [0.25, 0.3) is 6.09 Å². The van der Waals surface area contributed by atoms with Gasteiger partial charge in [-0.3, -0.25) is 14.4 Å². The third kappa shape index (κ3) is 6.16. The molecule has 46 heavy (non-hydrogen) atoms. The molecule has 0 spiro atoms. The van der Waals surface area contributed by atoms with Crippen LogP contribution in [-0.4, -0.2) is 111 Å². The molecule has 11 nitrogen and oxygen atoms in total. The van der Waals surface area contributed by atoms with Crippen LogP contribution in [0, 0.1) is 0 Å². The molecular weight excluding hydrogens is 629 g/mol. The Bertz CT molecular complexity index is 1600. The van der Waals surface area contributed by atoms with Crippen LogP contribution in [0.1, 0.15) is 43.7 Å². The number of likely N-dealkylation sites (tertiary alicyclic amines) is 2. The van der Waals surface area contributed by atoms with Crippen LogP contribution < -0.4 is 10.8 Å². The Kier molecular flexibility index (Phi) is 9.70. The van der Waals surface area contributed by atoms with E-state index < -0.39 is 22.3 Å². The van der Waals surface area contributed by atoms with Gasteiger partial charge in [-0.2, -0.15) is 0 Å². The Morgan fingerprint density at radius 2 is 1.74 bits per heavy atom. The molecule has 13 heteroatoms. The monoisotopic (exact) mass is 669 g/mol. The van der Waals surface area contributed by atoms with Gasteiger partial charge in [0.05, 0.1) is 29.1 Å². The van der Waals surface area contributed by atoms with Crippen molar-refractivity contribution >= 4 is 35.6 Å². The van der Waals surface area contributed by atoms with E-state index in [0.717, 1.165) is 50.9 Å². The van der Waals surface area contributed by atoms with Crippen molar-refractivity contribution in [2.24, 2.45) is 0 Å². The predicted octanol–water partition coefficient (Wildman–Crippen LogP) is 3.24. The third-order valence-electron chi connectivity index (χ3n) is 10.5. The molecule has 0 bridgehead atoms. The molecule has 0 aliphatic carbocycles. The van der Waals surface area contributed by atoms with Crippen molar-refractivity contribution in [3.63, 3.8) is 0 Å². The summed E-state index contributed by atoms with van der Waals surface area (Å²) in [5.41, 5.74) is -0.105. The molecule has 1 aromatic heterocycles. The van der Waals surface area contributed by atoms with Crippen molar-refractivity contribution in [2.75, 3.05) is 52.9 Å². The lowest BCUT2D eigenvalue weighted by Gasteiger charge is -2.61. The lowest BCUT2D eigenvalue weighted by Crippen LogP contribution is -2.79. The fraction of sp³-hybridized carbons (Fsp3) is 0.515. The number of quaternary nitrogens is 1. The number of aromatic nitrogens is 3. The van der Waals surface area contributed by atoms with Crippen LogP contribution in [-0.2, 0) is 11.3 Å². The molecule has 246 valence electrons. The summed E-state index contributed by atoms with van der Waals surface area (Å²) in [6, 6.07) is 14.6. The quantitative estimate of drug-likeness (QED) is 0.287. The number of hydrogen-bond donors (Lipinski definition) is 1. The van der Waals surface area contributed by atoms with Gasteiger partial charge in [0.1, 0.15) is 12.8 Å². The van der Waals surface area contributed by atoms with Crippen molar-refractivity contribution in [3.8, 4) is 11.4 Å². The Hall–Kier alpha value is -3.06. The maximum atomic E-state index is 13.6. The second-order valence-electron chi connectivity index (χ2n) is 13.0. The number of rotatable bonds is 8. The van der Waals surface area contributed by atoms with Gasteiger partial charge in [0.15, 0.2) is 11.5 Å². The predicted molar refractivity (Wildman–Crippen MR) is 174 cm³/mol. The average Bonchev–Trinajstić information content (AvgIpc) is 3.46. The largest absolute Gasteiger partial charge is 0.498 e. The number of piperazine rings is 1. The lowest BCUT2D eigenvalue weighted by atomic mass is 9.83. The van der Waals surface area contributed by atoms with Crippen LogP contribution in [0.15, 0.2) is 53.3 Å². The molecule has 6 rings (SSSR count). The summed E-state index contributed by atoms with van der Waals surface area (Å²) in [5, 5.41) is 18.9. The van der Waals surface area contributed by atoms with E-state index in [1.54, 1.807) is 18.2 Å². The van der Waals surface area contributed by atoms with Crippen molar-refractivity contribution in [3.05, 3.63) is 74.6 Å². The van der Waals surface area contributed by atoms with E-state index in [1.807, 2.05) is 30.3 Å². The summed E-state index contributed by atoms with van der Waals surface area (Å²) in [4.78, 5) is 49.5. The first-order chi connectivity index (χ1) is 22.2. The molecule has 3 aliphatic heterocycles. The highest BCUT2D eigenvalue weighted by molar-refractivity contribution is 6.42. The second-order valence-corrected chi connectivity index (χ2v) is 13.8. The van der Waals surface area contributed by atoms with Crippen molar-refractivity contribution in [2.45, 2.75) is 56.4 Å². The van der Waals surface area contributed by atoms with E-state index in [-0.39, 0.29) is 31.6 Å². The molecule has 3 aliphatic rings. The van der Waals surface area contributed by atoms with Gasteiger partial charge in [-0.25, -0.2) is 14.4 Å². The number of piperidine rings is 2. The first kappa shape index (κ1) is 32.9. The summed E-state index contributed by atoms with van der Waals surface area (Å²) in [5.74, 6) is 0.445. The number of nitrogens with zero attached hydrogens (tertiary/aromatic N) is 6. The molecule has 0 radical (unpaired) electrons. The maximum Gasteiger partial charge on any atom is 0.343 e. The molecule has 3 aromatic rings. The number of aldehydes is 1. The maximum absolute atomic E-state index is 13.6. The molecule has 1 N–H and O–H groups in total. The van der Waals surface area contributed by atoms with E-state index >= 15 is 0 Å². The topological polar surface area (TPSA) is 118 Å². The Morgan fingerprint density at radius 1 is 1.02 bits per heavy atom. The van der Waals surface area contributed by atoms with Crippen LogP contribution in [0.4, 0.5) is 4.79 Å². The van der Waals surface area contributed by atoms with Gasteiger partial charge in [-0.1, -0.05) is 59.6 Å². The summed E-state index contributed by atoms with van der Waals surface area (Å²) in [6.45, 7) is 5.01. The molecule has 1 amide bonds. The van der Waals surface area contributed by atoms with Crippen molar-refractivity contribution in [1.29, 1.82) is 0 Å². The molecular formula is C33H41Cl2N7O4. The summed E-state index contributed by atoms with van der Waals surface area (Å²) >= 11 is 12.6.